The van der Waals surface area contributed by atoms with Gasteiger partial charge < -0.3 is 31.2 Å². The van der Waals surface area contributed by atoms with E-state index in [0.29, 0.717) is 36.0 Å². The van der Waals surface area contributed by atoms with E-state index in [4.69, 9.17) is 26.4 Å². The molecule has 214 valence electrons. The van der Waals surface area contributed by atoms with Gasteiger partial charge in [-0.25, -0.2) is 4.79 Å². The normalized spacial score (nSPS) is 13.8. The zero-order valence-corrected chi connectivity index (χ0v) is 22.9. The van der Waals surface area contributed by atoms with Crippen molar-refractivity contribution in [1.29, 1.82) is 10.8 Å². The van der Waals surface area contributed by atoms with Gasteiger partial charge in [0, 0.05) is 36.2 Å². The van der Waals surface area contributed by atoms with Gasteiger partial charge in [-0.1, -0.05) is 36.4 Å². The molecule has 0 saturated carbocycles. The molecule has 0 radical (unpaired) electrons. The molecule has 0 aromatic heterocycles. The SMILES string of the molecule is N=CCN1CCC(c2ccc(NC(=O)CN(Cc3cccc(OCC(=O)O)c3)c3cccc(C(=N)N)c3)cc2)CC1. The Morgan fingerprint density at radius 2 is 1.80 bits per heavy atom. The molecule has 10 nitrogen and oxygen atoms in total. The van der Waals surface area contributed by atoms with Gasteiger partial charge in [0.25, 0.3) is 0 Å². The molecule has 1 amide bonds. The van der Waals surface area contributed by atoms with Crippen molar-refractivity contribution in [3.05, 3.63) is 89.5 Å². The van der Waals surface area contributed by atoms with Crippen molar-refractivity contribution < 1.29 is 19.4 Å². The average molecular weight is 557 g/mol. The van der Waals surface area contributed by atoms with E-state index in [2.05, 4.69) is 22.3 Å². The van der Waals surface area contributed by atoms with Crippen molar-refractivity contribution in [2.75, 3.05) is 43.0 Å². The van der Waals surface area contributed by atoms with Crippen LogP contribution < -0.4 is 20.7 Å². The van der Waals surface area contributed by atoms with Crippen molar-refractivity contribution in [3.8, 4) is 5.75 Å². The summed E-state index contributed by atoms with van der Waals surface area (Å²) >= 11 is 0. The second-order valence-corrected chi connectivity index (χ2v) is 10.1. The third-order valence-corrected chi connectivity index (χ3v) is 7.09. The van der Waals surface area contributed by atoms with Gasteiger partial charge in [-0.05, 0) is 79.4 Å². The van der Waals surface area contributed by atoms with Gasteiger partial charge in [-0.3, -0.25) is 15.1 Å². The number of piperidine rings is 1. The molecule has 10 heteroatoms. The van der Waals surface area contributed by atoms with Crippen molar-refractivity contribution >= 4 is 35.3 Å². The highest BCUT2D eigenvalue weighted by Crippen LogP contribution is 2.29. The van der Waals surface area contributed by atoms with Crippen LogP contribution in [-0.4, -0.2) is 66.7 Å². The Hall–Kier alpha value is -4.70. The topological polar surface area (TPSA) is 156 Å². The van der Waals surface area contributed by atoms with Gasteiger partial charge in [0.2, 0.25) is 5.91 Å². The second kappa shape index (κ2) is 14.1. The number of nitrogens with two attached hydrogens (primary N) is 1. The summed E-state index contributed by atoms with van der Waals surface area (Å²) in [4.78, 5) is 28.3. The minimum atomic E-state index is -1.06. The zero-order chi connectivity index (χ0) is 29.2. The average Bonchev–Trinajstić information content (AvgIpc) is 2.97. The number of likely N-dealkylation sites (tertiary alicyclic amines) is 1. The molecule has 0 bridgehead atoms. The Balaban J connectivity index is 1.44. The molecule has 3 aromatic rings. The molecule has 1 saturated heterocycles. The molecule has 1 fully saturated rings. The number of aliphatic carboxylic acids is 1. The van der Waals surface area contributed by atoms with E-state index in [-0.39, 0.29) is 18.3 Å². The molecule has 0 unspecified atom stereocenters. The van der Waals surface area contributed by atoms with Crippen LogP contribution in [0.4, 0.5) is 11.4 Å². The standard InChI is InChI=1S/C31H36N6O4/c32-13-16-36-14-11-24(12-15-36)23-7-9-26(10-8-23)35-29(38)20-37(27-5-2-4-25(18-27)31(33)34)19-22-3-1-6-28(17-22)41-21-30(39)40/h1-10,13,17-18,24,32H,11-12,14-16,19-21H2,(H3,33,34)(H,35,38)(H,39,40). The molecular formula is C31H36N6O4. The highest BCUT2D eigenvalue weighted by molar-refractivity contribution is 5.97. The number of benzene rings is 3. The maximum atomic E-state index is 13.2. The predicted molar refractivity (Wildman–Crippen MR) is 160 cm³/mol. The highest BCUT2D eigenvalue weighted by atomic mass is 16.5. The fraction of sp³-hybridized carbons (Fsp3) is 0.290. The second-order valence-electron chi connectivity index (χ2n) is 10.1. The molecule has 3 aromatic carbocycles. The maximum Gasteiger partial charge on any atom is 0.341 e. The number of carboxylic acids is 1. The maximum absolute atomic E-state index is 13.2. The summed E-state index contributed by atoms with van der Waals surface area (Å²) in [5, 5.41) is 27.0. The van der Waals surface area contributed by atoms with Crippen LogP contribution in [0.1, 0.15) is 35.4 Å². The lowest BCUT2D eigenvalue weighted by atomic mass is 9.89. The lowest BCUT2D eigenvalue weighted by molar-refractivity contribution is -0.139. The number of anilines is 2. The van der Waals surface area contributed by atoms with E-state index < -0.39 is 12.6 Å². The van der Waals surface area contributed by atoms with Crippen LogP contribution in [-0.2, 0) is 16.1 Å². The number of nitrogens with zero attached hydrogens (tertiary/aromatic N) is 2. The number of rotatable bonds is 13. The van der Waals surface area contributed by atoms with E-state index in [1.165, 1.54) is 11.8 Å². The Morgan fingerprint density at radius 1 is 1.07 bits per heavy atom. The van der Waals surface area contributed by atoms with Gasteiger partial charge in [0.05, 0.1) is 6.54 Å². The first kappa shape index (κ1) is 29.3. The highest BCUT2D eigenvalue weighted by Gasteiger charge is 2.20. The summed E-state index contributed by atoms with van der Waals surface area (Å²) in [6, 6.07) is 22.2. The van der Waals surface area contributed by atoms with Gasteiger partial charge in [-0.15, -0.1) is 0 Å². The van der Waals surface area contributed by atoms with Crippen LogP contribution in [0.15, 0.2) is 72.8 Å². The van der Waals surface area contributed by atoms with Gasteiger partial charge in [0.15, 0.2) is 6.61 Å². The molecule has 41 heavy (non-hydrogen) atoms. The van der Waals surface area contributed by atoms with Crippen LogP contribution in [0.25, 0.3) is 0 Å². The van der Waals surface area contributed by atoms with Crippen LogP contribution in [0.5, 0.6) is 5.75 Å². The molecule has 1 heterocycles. The molecule has 0 spiro atoms. The number of hydrogen-bond acceptors (Lipinski definition) is 7. The fourth-order valence-electron chi connectivity index (χ4n) is 5.00. The summed E-state index contributed by atoms with van der Waals surface area (Å²) in [6.07, 6.45) is 3.56. The molecule has 1 aliphatic rings. The number of amides is 1. The van der Waals surface area contributed by atoms with Crippen molar-refractivity contribution in [2.45, 2.75) is 25.3 Å². The number of ether oxygens (including phenoxy) is 1. The first-order valence-corrected chi connectivity index (χ1v) is 13.5. The van der Waals surface area contributed by atoms with E-state index in [1.54, 1.807) is 36.4 Å². The van der Waals surface area contributed by atoms with Crippen LogP contribution in [0.2, 0.25) is 0 Å². The minimum absolute atomic E-state index is 0.0365. The molecular weight excluding hydrogens is 520 g/mol. The van der Waals surface area contributed by atoms with E-state index in [0.717, 1.165) is 37.2 Å². The quantitative estimate of drug-likeness (QED) is 0.158. The van der Waals surface area contributed by atoms with Crippen LogP contribution in [0.3, 0.4) is 0 Å². The Morgan fingerprint density at radius 3 is 2.49 bits per heavy atom. The Labute approximate surface area is 239 Å². The zero-order valence-electron chi connectivity index (χ0n) is 22.9. The van der Waals surface area contributed by atoms with Crippen molar-refractivity contribution in [3.63, 3.8) is 0 Å². The van der Waals surface area contributed by atoms with Crippen molar-refractivity contribution in [1.82, 2.24) is 4.90 Å². The van der Waals surface area contributed by atoms with Gasteiger partial charge in [0.1, 0.15) is 11.6 Å². The van der Waals surface area contributed by atoms with Gasteiger partial charge >= 0.3 is 5.97 Å². The van der Waals surface area contributed by atoms with Crippen molar-refractivity contribution in [2.24, 2.45) is 5.73 Å². The van der Waals surface area contributed by atoms with Crippen LogP contribution in [0, 0.1) is 10.8 Å². The molecule has 1 aliphatic heterocycles. The number of carboxylic acid groups (broad SMARTS) is 1. The summed E-state index contributed by atoms with van der Waals surface area (Å²) in [5.74, 6) is -0.439. The summed E-state index contributed by atoms with van der Waals surface area (Å²) in [7, 11) is 0. The number of amidine groups is 1. The fourth-order valence-corrected chi connectivity index (χ4v) is 5.00. The Kier molecular flexibility index (Phi) is 10.1. The lowest BCUT2D eigenvalue weighted by Crippen LogP contribution is -2.34. The Bertz CT molecular complexity index is 1370. The predicted octanol–water partition coefficient (Wildman–Crippen LogP) is 3.91. The summed E-state index contributed by atoms with van der Waals surface area (Å²) < 4.78 is 5.32. The monoisotopic (exact) mass is 556 g/mol. The summed E-state index contributed by atoms with van der Waals surface area (Å²) in [6.45, 7) is 2.60. The smallest absolute Gasteiger partial charge is 0.341 e. The summed E-state index contributed by atoms with van der Waals surface area (Å²) in [5.41, 5.74) is 9.76. The van der Waals surface area contributed by atoms with E-state index >= 15 is 0 Å². The van der Waals surface area contributed by atoms with E-state index in [1.807, 2.05) is 29.2 Å². The lowest BCUT2D eigenvalue weighted by Gasteiger charge is -2.31. The molecule has 0 atom stereocenters. The largest absolute Gasteiger partial charge is 0.482 e. The number of nitrogen functional groups attached to an aromatic ring is 1. The number of carbonyl (C=O) groups excluding carboxylic acids is 1. The third-order valence-electron chi connectivity index (χ3n) is 7.09. The van der Waals surface area contributed by atoms with Crippen LogP contribution >= 0.6 is 0 Å². The number of carbonyl (C=O) groups is 2. The molecule has 0 aliphatic carbocycles. The first-order valence-electron chi connectivity index (χ1n) is 13.5. The third kappa shape index (κ3) is 8.64. The number of nitrogens with one attached hydrogen (secondary N) is 3. The first-order chi connectivity index (χ1) is 19.8. The van der Waals surface area contributed by atoms with Gasteiger partial charge in [-0.2, -0.15) is 0 Å². The molecule has 6 N–H and O–H groups in total. The molecule has 4 rings (SSSR count). The van der Waals surface area contributed by atoms with E-state index in [9.17, 15) is 9.59 Å². The number of hydrogen-bond donors (Lipinski definition) is 5. The minimum Gasteiger partial charge on any atom is -0.482 e.